The Labute approximate surface area is 225 Å². The van der Waals surface area contributed by atoms with Crippen LogP contribution >= 0.6 is 0 Å². The highest BCUT2D eigenvalue weighted by atomic mass is 16.3. The molecule has 0 aliphatic rings. The van der Waals surface area contributed by atoms with Crippen molar-refractivity contribution in [1.82, 2.24) is 9.97 Å². The first kappa shape index (κ1) is 21.8. The van der Waals surface area contributed by atoms with Gasteiger partial charge in [-0.25, -0.2) is 4.98 Å². The molecule has 0 radical (unpaired) electrons. The molecule has 0 N–H and O–H groups in total. The van der Waals surface area contributed by atoms with Gasteiger partial charge in [0.1, 0.15) is 11.2 Å². The van der Waals surface area contributed by atoms with Crippen LogP contribution in [0.2, 0.25) is 0 Å². The quantitative estimate of drug-likeness (QED) is 0.243. The van der Waals surface area contributed by atoms with Gasteiger partial charge < -0.3 is 4.42 Å². The topological polar surface area (TPSA) is 38.9 Å². The molecule has 0 aliphatic carbocycles. The van der Waals surface area contributed by atoms with Crippen LogP contribution in [0.5, 0.6) is 0 Å². The summed E-state index contributed by atoms with van der Waals surface area (Å²) in [4.78, 5) is 9.72. The van der Waals surface area contributed by atoms with Gasteiger partial charge in [0.15, 0.2) is 0 Å². The maximum absolute atomic E-state index is 6.50. The summed E-state index contributed by atoms with van der Waals surface area (Å²) in [6.45, 7) is 0. The first-order chi connectivity index (χ1) is 19.3. The molecule has 0 aliphatic heterocycles. The van der Waals surface area contributed by atoms with E-state index in [-0.39, 0.29) is 0 Å². The molecule has 3 heteroatoms. The monoisotopic (exact) mass is 498 g/mol. The van der Waals surface area contributed by atoms with Gasteiger partial charge in [-0.1, -0.05) is 91.0 Å². The molecule has 0 spiro atoms. The van der Waals surface area contributed by atoms with Crippen LogP contribution in [0, 0.1) is 0 Å². The number of hydrogen-bond acceptors (Lipinski definition) is 3. The van der Waals surface area contributed by atoms with Crippen molar-refractivity contribution >= 4 is 43.5 Å². The number of hydrogen-bond donors (Lipinski definition) is 0. The second-order valence-corrected chi connectivity index (χ2v) is 9.81. The lowest BCUT2D eigenvalue weighted by atomic mass is 9.96. The largest absolute Gasteiger partial charge is 0.455 e. The zero-order valence-corrected chi connectivity index (χ0v) is 21.0. The SMILES string of the molecule is c1ccc(-c2nc(-c3ccc(-c4ccccn4)cc3)cc3c2ccc2oc4c5ccccc5ccc4c23)cc1. The Morgan fingerprint density at radius 1 is 0.487 bits per heavy atom. The van der Waals surface area contributed by atoms with E-state index in [0.717, 1.165) is 71.9 Å². The average molecular weight is 499 g/mol. The highest BCUT2D eigenvalue weighted by Crippen LogP contribution is 2.41. The van der Waals surface area contributed by atoms with Crippen LogP contribution in [-0.4, -0.2) is 9.97 Å². The third-order valence-corrected chi connectivity index (χ3v) is 7.53. The van der Waals surface area contributed by atoms with E-state index in [0.29, 0.717) is 0 Å². The van der Waals surface area contributed by atoms with Gasteiger partial charge in [0.05, 0.1) is 17.1 Å². The van der Waals surface area contributed by atoms with E-state index < -0.39 is 0 Å². The summed E-state index contributed by atoms with van der Waals surface area (Å²) in [7, 11) is 0. The van der Waals surface area contributed by atoms with Crippen LogP contribution in [0.25, 0.3) is 77.3 Å². The molecule has 3 nitrogen and oxygen atoms in total. The summed E-state index contributed by atoms with van der Waals surface area (Å²) in [6.07, 6.45) is 1.82. The van der Waals surface area contributed by atoms with E-state index in [1.807, 2.05) is 30.5 Å². The lowest BCUT2D eigenvalue weighted by Gasteiger charge is -2.12. The third kappa shape index (κ3) is 3.52. The molecule has 0 bridgehead atoms. The predicted molar refractivity (Wildman–Crippen MR) is 161 cm³/mol. The van der Waals surface area contributed by atoms with Gasteiger partial charge in [-0.3, -0.25) is 4.98 Å². The van der Waals surface area contributed by atoms with Gasteiger partial charge >= 0.3 is 0 Å². The molecular formula is C36H22N2O. The Hall–Kier alpha value is -5.28. The molecule has 8 rings (SSSR count). The molecule has 39 heavy (non-hydrogen) atoms. The summed E-state index contributed by atoms with van der Waals surface area (Å²) in [5.74, 6) is 0. The lowest BCUT2D eigenvalue weighted by Crippen LogP contribution is -1.92. The maximum Gasteiger partial charge on any atom is 0.143 e. The number of rotatable bonds is 3. The summed E-state index contributed by atoms with van der Waals surface area (Å²) >= 11 is 0. The smallest absolute Gasteiger partial charge is 0.143 e. The van der Waals surface area contributed by atoms with Gasteiger partial charge in [-0.15, -0.1) is 0 Å². The predicted octanol–water partition coefficient (Wildman–Crippen LogP) is 9.68. The van der Waals surface area contributed by atoms with Gasteiger partial charge in [-0.05, 0) is 47.2 Å². The second-order valence-electron chi connectivity index (χ2n) is 9.81. The average Bonchev–Trinajstić information content (AvgIpc) is 3.41. The number of pyridine rings is 2. The van der Waals surface area contributed by atoms with E-state index in [1.165, 1.54) is 5.39 Å². The van der Waals surface area contributed by atoms with Gasteiger partial charge in [0, 0.05) is 44.4 Å². The number of fused-ring (bicyclic) bond motifs is 7. The molecule has 0 saturated carbocycles. The first-order valence-corrected chi connectivity index (χ1v) is 13.1. The lowest BCUT2D eigenvalue weighted by molar-refractivity contribution is 0.673. The van der Waals surface area contributed by atoms with Crippen LogP contribution in [0.3, 0.4) is 0 Å². The summed E-state index contributed by atoms with van der Waals surface area (Å²) < 4.78 is 6.50. The molecule has 5 aromatic carbocycles. The Morgan fingerprint density at radius 2 is 1.23 bits per heavy atom. The summed E-state index contributed by atoms with van der Waals surface area (Å²) in [5, 5.41) is 6.79. The minimum atomic E-state index is 0.885. The van der Waals surface area contributed by atoms with E-state index in [4.69, 9.17) is 9.40 Å². The van der Waals surface area contributed by atoms with Crippen molar-refractivity contribution in [2.24, 2.45) is 0 Å². The van der Waals surface area contributed by atoms with Crippen LogP contribution in [0.15, 0.2) is 138 Å². The Bertz CT molecular complexity index is 2150. The Balaban J connectivity index is 1.42. The van der Waals surface area contributed by atoms with Crippen molar-refractivity contribution in [3.8, 4) is 33.8 Å². The number of aromatic nitrogens is 2. The van der Waals surface area contributed by atoms with Crippen LogP contribution in [0.1, 0.15) is 0 Å². The zero-order valence-electron chi connectivity index (χ0n) is 21.0. The molecule has 182 valence electrons. The van der Waals surface area contributed by atoms with Gasteiger partial charge in [0.25, 0.3) is 0 Å². The number of benzene rings is 5. The molecule has 0 amide bonds. The Kier molecular flexibility index (Phi) is 4.82. The van der Waals surface area contributed by atoms with Crippen LogP contribution < -0.4 is 0 Å². The minimum absolute atomic E-state index is 0.885. The van der Waals surface area contributed by atoms with Gasteiger partial charge in [-0.2, -0.15) is 0 Å². The van der Waals surface area contributed by atoms with Crippen molar-refractivity contribution in [3.05, 3.63) is 134 Å². The second kappa shape index (κ2) is 8.64. The zero-order chi connectivity index (χ0) is 25.8. The van der Waals surface area contributed by atoms with Crippen molar-refractivity contribution in [2.75, 3.05) is 0 Å². The van der Waals surface area contributed by atoms with Crippen molar-refractivity contribution < 1.29 is 4.42 Å². The number of furan rings is 1. The highest BCUT2D eigenvalue weighted by molar-refractivity contribution is 6.24. The van der Waals surface area contributed by atoms with Crippen LogP contribution in [-0.2, 0) is 0 Å². The highest BCUT2D eigenvalue weighted by Gasteiger charge is 2.17. The van der Waals surface area contributed by atoms with E-state index >= 15 is 0 Å². The Morgan fingerprint density at radius 3 is 2.05 bits per heavy atom. The van der Waals surface area contributed by atoms with Crippen molar-refractivity contribution in [3.63, 3.8) is 0 Å². The summed E-state index contributed by atoms with van der Waals surface area (Å²) in [6, 6.07) is 44.1. The third-order valence-electron chi connectivity index (χ3n) is 7.53. The molecular weight excluding hydrogens is 476 g/mol. The van der Waals surface area contributed by atoms with Crippen molar-refractivity contribution in [1.29, 1.82) is 0 Å². The van der Waals surface area contributed by atoms with Gasteiger partial charge in [0.2, 0.25) is 0 Å². The first-order valence-electron chi connectivity index (χ1n) is 13.1. The van der Waals surface area contributed by atoms with Crippen LogP contribution in [0.4, 0.5) is 0 Å². The molecule has 0 unspecified atom stereocenters. The maximum atomic E-state index is 6.50. The molecule has 0 atom stereocenters. The fraction of sp³-hybridized carbons (Fsp3) is 0. The standard InChI is InChI=1S/C36H22N2O/c1-2-9-26(10-3-1)35-28-19-20-33-34(29-18-17-23-8-4-5-11-27(23)36(29)39-33)30(28)22-32(38-35)25-15-13-24(14-16-25)31-12-6-7-21-37-31/h1-22H. The minimum Gasteiger partial charge on any atom is -0.455 e. The fourth-order valence-electron chi connectivity index (χ4n) is 5.64. The molecule has 0 saturated heterocycles. The normalized spacial score (nSPS) is 11.6. The molecule has 8 aromatic rings. The molecule has 0 fully saturated rings. The van der Waals surface area contributed by atoms with E-state index in [2.05, 4.69) is 108 Å². The van der Waals surface area contributed by atoms with Crippen molar-refractivity contribution in [2.45, 2.75) is 0 Å². The van der Waals surface area contributed by atoms with E-state index in [1.54, 1.807) is 0 Å². The summed E-state index contributed by atoms with van der Waals surface area (Å²) in [5.41, 5.74) is 7.89. The fourth-order valence-corrected chi connectivity index (χ4v) is 5.64. The molecule has 3 heterocycles. The number of nitrogens with zero attached hydrogens (tertiary/aromatic N) is 2. The van der Waals surface area contributed by atoms with E-state index in [9.17, 15) is 0 Å². The molecule has 3 aromatic heterocycles.